The van der Waals surface area contributed by atoms with E-state index in [1.54, 1.807) is 0 Å². The van der Waals surface area contributed by atoms with E-state index in [2.05, 4.69) is 11.8 Å². The molecule has 21 heavy (non-hydrogen) atoms. The zero-order valence-electron chi connectivity index (χ0n) is 13.1. The van der Waals surface area contributed by atoms with Gasteiger partial charge in [-0.3, -0.25) is 9.59 Å². The van der Waals surface area contributed by atoms with Gasteiger partial charge in [-0.1, -0.05) is 6.92 Å². The maximum atomic E-state index is 12.7. The summed E-state index contributed by atoms with van der Waals surface area (Å²) in [7, 11) is 0. The lowest BCUT2D eigenvalue weighted by Crippen LogP contribution is -2.40. The Kier molecular flexibility index (Phi) is 4.48. The molecule has 1 atom stereocenters. The average Bonchev–Trinajstić information content (AvgIpc) is 3.26. The summed E-state index contributed by atoms with van der Waals surface area (Å²) in [4.78, 5) is 31.1. The molecule has 118 valence electrons. The van der Waals surface area contributed by atoms with Crippen LogP contribution in [0.3, 0.4) is 0 Å². The third-order valence-corrected chi connectivity index (χ3v) is 4.94. The summed E-state index contributed by atoms with van der Waals surface area (Å²) in [5, 5.41) is 0. The van der Waals surface area contributed by atoms with Crippen molar-refractivity contribution in [3.63, 3.8) is 0 Å². The summed E-state index contributed by atoms with van der Waals surface area (Å²) in [6.07, 6.45) is 4.91. The molecule has 3 fully saturated rings. The minimum atomic E-state index is -0.0872. The Hall–Kier alpha value is -1.10. The minimum Gasteiger partial charge on any atom is -0.341 e. The first-order chi connectivity index (χ1) is 10.2. The number of nitrogens with zero attached hydrogens (tertiary/aromatic N) is 3. The first-order valence-electron chi connectivity index (χ1n) is 8.49. The lowest BCUT2D eigenvalue weighted by atomic mass is 10.1. The first kappa shape index (κ1) is 14.8. The number of carbonyl (C=O) groups excluding carboxylic acids is 2. The normalized spacial score (nSPS) is 28.0. The average molecular weight is 293 g/mol. The quantitative estimate of drug-likeness (QED) is 0.775. The Morgan fingerprint density at radius 1 is 1.19 bits per heavy atom. The van der Waals surface area contributed by atoms with Crippen LogP contribution in [-0.2, 0) is 9.59 Å². The van der Waals surface area contributed by atoms with Gasteiger partial charge in [-0.2, -0.15) is 0 Å². The van der Waals surface area contributed by atoms with E-state index in [0.29, 0.717) is 19.0 Å². The van der Waals surface area contributed by atoms with Gasteiger partial charge in [-0.15, -0.1) is 0 Å². The van der Waals surface area contributed by atoms with Gasteiger partial charge in [0.2, 0.25) is 11.8 Å². The number of rotatable bonds is 4. The van der Waals surface area contributed by atoms with Gasteiger partial charge in [-0.05, 0) is 38.8 Å². The van der Waals surface area contributed by atoms with Crippen molar-refractivity contribution in [2.75, 3.05) is 39.3 Å². The van der Waals surface area contributed by atoms with E-state index < -0.39 is 0 Å². The second-order valence-corrected chi connectivity index (χ2v) is 6.70. The molecule has 3 aliphatic rings. The molecule has 1 aliphatic carbocycles. The van der Waals surface area contributed by atoms with Crippen LogP contribution in [0.1, 0.15) is 39.0 Å². The monoisotopic (exact) mass is 293 g/mol. The maximum Gasteiger partial charge on any atom is 0.228 e. The predicted octanol–water partition coefficient (Wildman–Crippen LogP) is 0.942. The Morgan fingerprint density at radius 3 is 2.71 bits per heavy atom. The molecule has 2 amide bonds. The van der Waals surface area contributed by atoms with Crippen LogP contribution in [0.15, 0.2) is 0 Å². The van der Waals surface area contributed by atoms with Crippen LogP contribution in [0.2, 0.25) is 0 Å². The van der Waals surface area contributed by atoms with Crippen molar-refractivity contribution in [2.45, 2.75) is 45.1 Å². The fraction of sp³-hybridized carbons (Fsp3) is 0.875. The molecule has 0 N–H and O–H groups in total. The van der Waals surface area contributed by atoms with Crippen LogP contribution >= 0.6 is 0 Å². The fourth-order valence-corrected chi connectivity index (χ4v) is 3.63. The molecule has 2 saturated heterocycles. The number of hydrogen-bond acceptors (Lipinski definition) is 3. The van der Waals surface area contributed by atoms with Crippen molar-refractivity contribution in [2.24, 2.45) is 5.92 Å². The second kappa shape index (κ2) is 6.34. The van der Waals surface area contributed by atoms with E-state index in [1.165, 1.54) is 6.42 Å². The third-order valence-electron chi connectivity index (χ3n) is 4.94. The molecule has 0 radical (unpaired) electrons. The lowest BCUT2D eigenvalue weighted by Gasteiger charge is -2.24. The van der Waals surface area contributed by atoms with Gasteiger partial charge in [0.1, 0.15) is 0 Å². The Morgan fingerprint density at radius 2 is 2.00 bits per heavy atom. The highest BCUT2D eigenvalue weighted by atomic mass is 16.2. The zero-order valence-corrected chi connectivity index (χ0v) is 13.1. The van der Waals surface area contributed by atoms with Crippen molar-refractivity contribution in [3.8, 4) is 0 Å². The molecular weight excluding hydrogens is 266 g/mol. The number of amides is 2. The molecular formula is C16H27N3O2. The fourth-order valence-electron chi connectivity index (χ4n) is 3.63. The summed E-state index contributed by atoms with van der Waals surface area (Å²) < 4.78 is 0. The van der Waals surface area contributed by atoms with Crippen LogP contribution in [0, 0.1) is 5.92 Å². The molecule has 0 aromatic carbocycles. The van der Waals surface area contributed by atoms with Gasteiger partial charge in [0.05, 0.1) is 5.92 Å². The molecule has 2 aliphatic heterocycles. The number of carbonyl (C=O) groups is 2. The van der Waals surface area contributed by atoms with Gasteiger partial charge in [0, 0.05) is 38.6 Å². The SMILES string of the molecule is CCCN1CCCN(C(=O)C2CC(=O)N(C3CC3)C2)CC1. The van der Waals surface area contributed by atoms with Crippen LogP contribution in [0.4, 0.5) is 0 Å². The maximum absolute atomic E-state index is 12.7. The van der Waals surface area contributed by atoms with Crippen molar-refractivity contribution in [1.29, 1.82) is 0 Å². The minimum absolute atomic E-state index is 0.0872. The molecule has 5 nitrogen and oxygen atoms in total. The summed E-state index contributed by atoms with van der Waals surface area (Å²) in [5.74, 6) is 0.318. The molecule has 1 unspecified atom stereocenters. The summed E-state index contributed by atoms with van der Waals surface area (Å²) >= 11 is 0. The largest absolute Gasteiger partial charge is 0.341 e. The van der Waals surface area contributed by atoms with Crippen LogP contribution in [0.25, 0.3) is 0 Å². The van der Waals surface area contributed by atoms with Gasteiger partial charge < -0.3 is 14.7 Å². The number of hydrogen-bond donors (Lipinski definition) is 0. The van der Waals surface area contributed by atoms with Crippen molar-refractivity contribution >= 4 is 11.8 Å². The summed E-state index contributed by atoms with van der Waals surface area (Å²) in [6, 6.07) is 0.444. The molecule has 2 heterocycles. The highest BCUT2D eigenvalue weighted by Gasteiger charge is 2.42. The Balaban J connectivity index is 1.54. The van der Waals surface area contributed by atoms with Crippen LogP contribution < -0.4 is 0 Å². The zero-order chi connectivity index (χ0) is 14.8. The Labute approximate surface area is 127 Å². The predicted molar refractivity (Wildman–Crippen MR) is 80.8 cm³/mol. The molecule has 3 rings (SSSR count). The third kappa shape index (κ3) is 3.39. The summed E-state index contributed by atoms with van der Waals surface area (Å²) in [5.41, 5.74) is 0. The van der Waals surface area contributed by atoms with Gasteiger partial charge >= 0.3 is 0 Å². The first-order valence-corrected chi connectivity index (χ1v) is 8.49. The second-order valence-electron chi connectivity index (χ2n) is 6.70. The standard InChI is InChI=1S/C16H27N3O2/c1-2-6-17-7-3-8-18(10-9-17)16(21)13-11-15(20)19(12-13)14-4-5-14/h13-14H,2-12H2,1H3. The Bertz CT molecular complexity index is 408. The van der Waals surface area contributed by atoms with Gasteiger partial charge in [-0.25, -0.2) is 0 Å². The molecule has 0 aromatic heterocycles. The summed E-state index contributed by atoms with van der Waals surface area (Å²) in [6.45, 7) is 7.74. The lowest BCUT2D eigenvalue weighted by molar-refractivity contribution is -0.135. The van der Waals surface area contributed by atoms with Crippen molar-refractivity contribution < 1.29 is 9.59 Å². The van der Waals surface area contributed by atoms with E-state index in [-0.39, 0.29) is 17.7 Å². The van der Waals surface area contributed by atoms with Crippen LogP contribution in [0.5, 0.6) is 0 Å². The van der Waals surface area contributed by atoms with E-state index in [1.807, 2.05) is 9.80 Å². The molecule has 0 spiro atoms. The van der Waals surface area contributed by atoms with Crippen molar-refractivity contribution in [1.82, 2.24) is 14.7 Å². The van der Waals surface area contributed by atoms with Crippen LogP contribution in [-0.4, -0.2) is 71.8 Å². The van der Waals surface area contributed by atoms with Gasteiger partial charge in [0.15, 0.2) is 0 Å². The highest BCUT2D eigenvalue weighted by Crippen LogP contribution is 2.33. The van der Waals surface area contributed by atoms with E-state index in [4.69, 9.17) is 0 Å². The number of likely N-dealkylation sites (tertiary alicyclic amines) is 1. The smallest absolute Gasteiger partial charge is 0.228 e. The molecule has 0 aromatic rings. The van der Waals surface area contributed by atoms with Crippen molar-refractivity contribution in [3.05, 3.63) is 0 Å². The molecule has 0 bridgehead atoms. The highest BCUT2D eigenvalue weighted by molar-refractivity contribution is 5.89. The van der Waals surface area contributed by atoms with E-state index in [9.17, 15) is 9.59 Å². The molecule has 1 saturated carbocycles. The van der Waals surface area contributed by atoms with E-state index in [0.717, 1.165) is 52.0 Å². The topological polar surface area (TPSA) is 43.9 Å². The van der Waals surface area contributed by atoms with E-state index >= 15 is 0 Å². The molecule has 5 heteroatoms. The van der Waals surface area contributed by atoms with Gasteiger partial charge in [0.25, 0.3) is 0 Å².